The van der Waals surface area contributed by atoms with Gasteiger partial charge in [0.15, 0.2) is 5.78 Å². The molecule has 0 spiro atoms. The summed E-state index contributed by atoms with van der Waals surface area (Å²) in [7, 11) is -3.70. The molecule has 3 aromatic rings. The molecule has 1 amide bonds. The highest BCUT2D eigenvalue weighted by atomic mass is 32.2. The molecule has 0 unspecified atom stereocenters. The summed E-state index contributed by atoms with van der Waals surface area (Å²) >= 11 is 1.41. The summed E-state index contributed by atoms with van der Waals surface area (Å²) < 4.78 is 32.1. The monoisotopic (exact) mass is 432 g/mol. The van der Waals surface area contributed by atoms with Crippen LogP contribution < -0.4 is 10.0 Å². The largest absolute Gasteiger partial charge is 0.468 e. The number of benzene rings is 1. The van der Waals surface area contributed by atoms with Crippen molar-refractivity contribution in [1.29, 1.82) is 0 Å². The molecule has 2 N–H and O–H groups in total. The lowest BCUT2D eigenvalue weighted by Crippen LogP contribution is -2.23. The van der Waals surface area contributed by atoms with Crippen LogP contribution in [0.1, 0.15) is 33.2 Å². The Hall–Kier alpha value is -2.75. The maximum absolute atomic E-state index is 12.3. The highest BCUT2D eigenvalue weighted by Gasteiger charge is 2.15. The number of anilines is 1. The van der Waals surface area contributed by atoms with Crippen LogP contribution in [0.15, 0.2) is 64.1 Å². The smallest absolute Gasteiger partial charge is 0.240 e. The van der Waals surface area contributed by atoms with Gasteiger partial charge in [-0.25, -0.2) is 13.1 Å². The van der Waals surface area contributed by atoms with Gasteiger partial charge in [-0.2, -0.15) is 0 Å². The van der Waals surface area contributed by atoms with Gasteiger partial charge in [0, 0.05) is 23.4 Å². The van der Waals surface area contributed by atoms with Gasteiger partial charge in [-0.15, -0.1) is 11.3 Å². The van der Waals surface area contributed by atoms with E-state index in [9.17, 15) is 18.0 Å². The number of hydrogen-bond acceptors (Lipinski definition) is 6. The van der Waals surface area contributed by atoms with Gasteiger partial charge < -0.3 is 9.73 Å². The third kappa shape index (κ3) is 5.86. The highest BCUT2D eigenvalue weighted by Crippen LogP contribution is 2.18. The second kappa shape index (κ2) is 9.17. The molecule has 3 rings (SSSR count). The van der Waals surface area contributed by atoms with E-state index in [2.05, 4.69) is 10.0 Å². The number of ketones is 1. The van der Waals surface area contributed by atoms with Crippen molar-refractivity contribution in [3.8, 4) is 0 Å². The lowest BCUT2D eigenvalue weighted by Gasteiger charge is -2.08. The fourth-order valence-electron chi connectivity index (χ4n) is 2.54. The van der Waals surface area contributed by atoms with E-state index in [4.69, 9.17) is 4.42 Å². The van der Waals surface area contributed by atoms with Crippen LogP contribution in [-0.4, -0.2) is 20.1 Å². The number of furan rings is 1. The number of aryl methyl sites for hydroxylation is 1. The molecule has 152 valence electrons. The number of carbonyl (C=O) groups excluding carboxylic acids is 2. The Morgan fingerprint density at radius 1 is 1.03 bits per heavy atom. The summed E-state index contributed by atoms with van der Waals surface area (Å²) in [6.45, 7) is 1.97. The molecular weight excluding hydrogens is 412 g/mol. The second-order valence-electron chi connectivity index (χ2n) is 6.31. The molecule has 7 nitrogen and oxygen atoms in total. The number of nitrogens with one attached hydrogen (secondary N) is 2. The van der Waals surface area contributed by atoms with E-state index in [1.165, 1.54) is 41.9 Å². The van der Waals surface area contributed by atoms with Crippen LogP contribution in [0.25, 0.3) is 0 Å². The van der Waals surface area contributed by atoms with Gasteiger partial charge in [0.05, 0.1) is 22.6 Å². The van der Waals surface area contributed by atoms with Crippen LogP contribution in [0.4, 0.5) is 5.69 Å². The van der Waals surface area contributed by atoms with Gasteiger partial charge in [0.1, 0.15) is 5.76 Å². The lowest BCUT2D eigenvalue weighted by molar-refractivity contribution is -0.116. The first-order valence-corrected chi connectivity index (χ1v) is 11.1. The van der Waals surface area contributed by atoms with Gasteiger partial charge in [-0.1, -0.05) is 0 Å². The predicted molar refractivity (Wildman–Crippen MR) is 110 cm³/mol. The molecule has 0 aliphatic rings. The normalized spacial score (nSPS) is 11.3. The Morgan fingerprint density at radius 3 is 2.41 bits per heavy atom. The highest BCUT2D eigenvalue weighted by molar-refractivity contribution is 7.89. The van der Waals surface area contributed by atoms with Crippen molar-refractivity contribution in [1.82, 2.24) is 4.72 Å². The maximum atomic E-state index is 12.3. The van der Waals surface area contributed by atoms with E-state index in [0.29, 0.717) is 16.3 Å². The number of Topliss-reactive ketones (excluding diaryl/α,β-unsaturated/α-hetero) is 1. The van der Waals surface area contributed by atoms with Crippen LogP contribution in [0.3, 0.4) is 0 Å². The Kier molecular flexibility index (Phi) is 6.63. The molecule has 0 saturated carbocycles. The molecule has 29 heavy (non-hydrogen) atoms. The average molecular weight is 433 g/mol. The lowest BCUT2D eigenvalue weighted by atomic mass is 10.2. The minimum atomic E-state index is -3.70. The van der Waals surface area contributed by atoms with E-state index >= 15 is 0 Å². The number of hydrogen-bond donors (Lipinski definition) is 2. The number of amides is 1. The molecule has 0 saturated heterocycles. The van der Waals surface area contributed by atoms with Crippen molar-refractivity contribution < 1.29 is 22.4 Å². The summed E-state index contributed by atoms with van der Waals surface area (Å²) in [6, 6.07) is 12.8. The Balaban J connectivity index is 1.51. The minimum Gasteiger partial charge on any atom is -0.468 e. The van der Waals surface area contributed by atoms with E-state index < -0.39 is 10.0 Å². The number of carbonyl (C=O) groups is 2. The van der Waals surface area contributed by atoms with E-state index in [-0.39, 0.29) is 36.0 Å². The van der Waals surface area contributed by atoms with Crippen LogP contribution in [-0.2, 0) is 21.4 Å². The number of sulfonamides is 1. The SMILES string of the molecule is Cc1ccc(C(=O)CCC(=O)Nc2ccc(S(=O)(=O)NCc3ccco3)cc2)s1. The number of thiophene rings is 1. The molecule has 9 heteroatoms. The molecule has 0 radical (unpaired) electrons. The molecule has 0 aliphatic heterocycles. The minimum absolute atomic E-state index is 0.0472. The first-order valence-electron chi connectivity index (χ1n) is 8.85. The van der Waals surface area contributed by atoms with Gasteiger partial charge in [0.2, 0.25) is 15.9 Å². The van der Waals surface area contributed by atoms with Crippen molar-refractivity contribution in [2.75, 3.05) is 5.32 Å². The average Bonchev–Trinajstić information content (AvgIpc) is 3.37. The molecule has 2 aromatic heterocycles. The van der Waals surface area contributed by atoms with E-state index in [1.807, 2.05) is 13.0 Å². The molecule has 1 aromatic carbocycles. The third-order valence-electron chi connectivity index (χ3n) is 4.06. The standard InChI is InChI=1S/C20H20N2O5S2/c1-14-4-10-19(28-14)18(23)9-11-20(24)22-15-5-7-17(8-6-15)29(25,26)21-13-16-3-2-12-27-16/h2-8,10,12,21H,9,11,13H2,1H3,(H,22,24). The summed E-state index contributed by atoms with van der Waals surface area (Å²) in [5.74, 6) is 0.130. The molecular formula is C20H20N2O5S2. The quantitative estimate of drug-likeness (QED) is 0.501. The molecule has 0 aliphatic carbocycles. The van der Waals surface area contributed by atoms with Crippen molar-refractivity contribution in [3.05, 3.63) is 70.3 Å². The summed E-state index contributed by atoms with van der Waals surface area (Å²) in [5, 5.41) is 2.67. The van der Waals surface area contributed by atoms with Crippen LogP contribution in [0, 0.1) is 6.92 Å². The van der Waals surface area contributed by atoms with Gasteiger partial charge in [-0.3, -0.25) is 9.59 Å². The first kappa shape index (κ1) is 21.0. The van der Waals surface area contributed by atoms with Gasteiger partial charge in [0.25, 0.3) is 0 Å². The van der Waals surface area contributed by atoms with Crippen LogP contribution >= 0.6 is 11.3 Å². The maximum Gasteiger partial charge on any atom is 0.240 e. The van der Waals surface area contributed by atoms with Crippen molar-refractivity contribution in [2.45, 2.75) is 31.2 Å². The Bertz CT molecular complexity index is 1080. The molecule has 0 atom stereocenters. The zero-order valence-electron chi connectivity index (χ0n) is 15.7. The van der Waals surface area contributed by atoms with Gasteiger partial charge >= 0.3 is 0 Å². The van der Waals surface area contributed by atoms with Crippen LogP contribution in [0.5, 0.6) is 0 Å². The summed E-state index contributed by atoms with van der Waals surface area (Å²) in [4.78, 5) is 25.9. The topological polar surface area (TPSA) is 105 Å². The molecule has 2 heterocycles. The van der Waals surface area contributed by atoms with E-state index in [0.717, 1.165) is 4.88 Å². The Morgan fingerprint density at radius 2 is 1.79 bits per heavy atom. The first-order chi connectivity index (χ1) is 13.8. The summed E-state index contributed by atoms with van der Waals surface area (Å²) in [6.07, 6.45) is 1.64. The zero-order chi connectivity index (χ0) is 20.9. The fourth-order valence-corrected chi connectivity index (χ4v) is 4.37. The van der Waals surface area contributed by atoms with Crippen molar-refractivity contribution >= 4 is 38.7 Å². The second-order valence-corrected chi connectivity index (χ2v) is 9.36. The number of rotatable bonds is 9. The zero-order valence-corrected chi connectivity index (χ0v) is 17.3. The third-order valence-corrected chi connectivity index (χ3v) is 6.52. The molecule has 0 fully saturated rings. The van der Waals surface area contributed by atoms with Gasteiger partial charge in [-0.05, 0) is 55.5 Å². The predicted octanol–water partition coefficient (Wildman–Crippen LogP) is 3.73. The van der Waals surface area contributed by atoms with E-state index in [1.54, 1.807) is 18.2 Å². The Labute approximate surface area is 172 Å². The fraction of sp³-hybridized carbons (Fsp3) is 0.200. The van der Waals surface area contributed by atoms with Crippen molar-refractivity contribution in [3.63, 3.8) is 0 Å². The van der Waals surface area contributed by atoms with Crippen LogP contribution in [0.2, 0.25) is 0 Å². The van der Waals surface area contributed by atoms with Crippen molar-refractivity contribution in [2.24, 2.45) is 0 Å². The summed E-state index contributed by atoms with van der Waals surface area (Å²) in [5.41, 5.74) is 0.458. The molecule has 0 bridgehead atoms.